The first-order valence-corrected chi connectivity index (χ1v) is 7.77. The molecule has 0 aromatic rings. The number of rotatable bonds is 1. The highest BCUT2D eigenvalue weighted by molar-refractivity contribution is 14.1. The first-order valence-electron chi connectivity index (χ1n) is 6.24. The van der Waals surface area contributed by atoms with Gasteiger partial charge in [0.25, 0.3) is 0 Å². The summed E-state index contributed by atoms with van der Waals surface area (Å²) < 4.78 is 30.4. The van der Waals surface area contributed by atoms with E-state index in [1.165, 1.54) is 0 Å². The van der Waals surface area contributed by atoms with Gasteiger partial charge in [-0.25, -0.2) is 0 Å². The summed E-state index contributed by atoms with van der Waals surface area (Å²) >= 11 is 2.30. The minimum absolute atomic E-state index is 0.0175. The molecule has 104 valence electrons. The molecule has 0 aliphatic carbocycles. The molecular formula is C12H19IO5. The first kappa shape index (κ1) is 13.5. The number of alkyl halides is 1. The number of hydrogen-bond donors (Lipinski definition) is 0. The van der Waals surface area contributed by atoms with Crippen molar-refractivity contribution in [2.75, 3.05) is 4.43 Å². The van der Waals surface area contributed by atoms with Crippen molar-refractivity contribution in [2.24, 2.45) is 0 Å². The van der Waals surface area contributed by atoms with Crippen LogP contribution in [0, 0.1) is 0 Å². The van der Waals surface area contributed by atoms with Crippen molar-refractivity contribution >= 4 is 22.6 Å². The van der Waals surface area contributed by atoms with Gasteiger partial charge in [-0.05, 0) is 27.7 Å². The highest BCUT2D eigenvalue weighted by Gasteiger charge is 2.60. The molecular weight excluding hydrogens is 351 g/mol. The molecule has 0 amide bonds. The van der Waals surface area contributed by atoms with Crippen LogP contribution in [-0.2, 0) is 23.7 Å². The molecule has 0 aromatic heterocycles. The van der Waals surface area contributed by atoms with Crippen molar-refractivity contribution in [3.63, 3.8) is 0 Å². The lowest BCUT2D eigenvalue weighted by atomic mass is 10.0. The van der Waals surface area contributed by atoms with Crippen molar-refractivity contribution in [3.05, 3.63) is 0 Å². The Morgan fingerprint density at radius 2 is 1.39 bits per heavy atom. The van der Waals surface area contributed by atoms with Crippen molar-refractivity contribution < 1.29 is 23.7 Å². The van der Waals surface area contributed by atoms with E-state index in [0.29, 0.717) is 0 Å². The lowest BCUT2D eigenvalue weighted by molar-refractivity contribution is -0.227. The van der Waals surface area contributed by atoms with E-state index in [9.17, 15) is 0 Å². The van der Waals surface area contributed by atoms with Gasteiger partial charge < -0.3 is 23.7 Å². The fraction of sp³-hybridized carbons (Fsp3) is 1.00. The molecule has 0 aromatic carbocycles. The number of fused-ring (bicyclic) bond motifs is 3. The Labute approximate surface area is 121 Å². The van der Waals surface area contributed by atoms with Gasteiger partial charge >= 0.3 is 0 Å². The average Bonchev–Trinajstić information content (AvgIpc) is 2.71. The quantitative estimate of drug-likeness (QED) is 0.521. The molecule has 0 N–H and O–H groups in total. The zero-order valence-corrected chi connectivity index (χ0v) is 13.2. The van der Waals surface area contributed by atoms with Crippen molar-refractivity contribution in [3.8, 4) is 0 Å². The first-order chi connectivity index (χ1) is 8.31. The molecule has 5 atom stereocenters. The van der Waals surface area contributed by atoms with E-state index in [1.807, 2.05) is 27.7 Å². The maximum absolute atomic E-state index is 5.98. The van der Waals surface area contributed by atoms with Gasteiger partial charge in [0, 0.05) is 4.43 Å². The van der Waals surface area contributed by atoms with Crippen LogP contribution in [0.5, 0.6) is 0 Å². The van der Waals surface area contributed by atoms with Crippen LogP contribution in [0.2, 0.25) is 0 Å². The third kappa shape index (κ3) is 2.20. The van der Waals surface area contributed by atoms with Crippen molar-refractivity contribution in [2.45, 2.75) is 70.0 Å². The molecule has 3 heterocycles. The van der Waals surface area contributed by atoms with Gasteiger partial charge in [-0.3, -0.25) is 0 Å². The van der Waals surface area contributed by atoms with E-state index in [4.69, 9.17) is 23.7 Å². The smallest absolute Gasteiger partial charge is 0.190 e. The van der Waals surface area contributed by atoms with Crippen LogP contribution in [0.15, 0.2) is 0 Å². The molecule has 0 unspecified atom stereocenters. The molecule has 6 heteroatoms. The van der Waals surface area contributed by atoms with E-state index < -0.39 is 11.6 Å². The molecule has 3 aliphatic rings. The fourth-order valence-corrected chi connectivity index (χ4v) is 3.53. The molecule has 0 radical (unpaired) electrons. The molecule has 0 spiro atoms. The second-order valence-electron chi connectivity index (χ2n) is 5.86. The van der Waals surface area contributed by atoms with Crippen LogP contribution in [0.4, 0.5) is 0 Å². The predicted octanol–water partition coefficient (Wildman–Crippen LogP) is 1.82. The molecule has 3 rings (SSSR count). The molecule has 0 saturated carbocycles. The molecule has 0 bridgehead atoms. The van der Waals surface area contributed by atoms with E-state index in [-0.39, 0.29) is 30.7 Å². The highest BCUT2D eigenvalue weighted by Crippen LogP contribution is 2.44. The molecule has 18 heavy (non-hydrogen) atoms. The van der Waals surface area contributed by atoms with Crippen LogP contribution in [0.25, 0.3) is 0 Å². The molecule has 5 nitrogen and oxygen atoms in total. The van der Waals surface area contributed by atoms with E-state index >= 15 is 0 Å². The lowest BCUT2D eigenvalue weighted by Crippen LogP contribution is -2.55. The second kappa shape index (κ2) is 4.26. The Hall–Kier alpha value is 0.530. The summed E-state index contributed by atoms with van der Waals surface area (Å²) in [6.07, 6.45) is -0.809. The Bertz CT molecular complexity index is 345. The van der Waals surface area contributed by atoms with Crippen LogP contribution in [-0.4, -0.2) is 46.7 Å². The average molecular weight is 370 g/mol. The standard InChI is InChI=1S/C12H19IO5/c1-11(2)15-7-6(5-13)14-10-9(8(7)16-11)17-12(3,4)18-10/h6-10H,5H2,1-4H3/t6-,7+,8+,9-,10+/m1/s1. The fourth-order valence-electron chi connectivity index (χ4n) is 2.82. The van der Waals surface area contributed by atoms with Gasteiger partial charge in [0.2, 0.25) is 0 Å². The monoisotopic (exact) mass is 370 g/mol. The highest BCUT2D eigenvalue weighted by atomic mass is 127. The summed E-state index contributed by atoms with van der Waals surface area (Å²) in [4.78, 5) is 0. The number of halogens is 1. The summed E-state index contributed by atoms with van der Waals surface area (Å²) in [5.41, 5.74) is 0. The normalized spacial score (nSPS) is 48.8. The van der Waals surface area contributed by atoms with Crippen LogP contribution >= 0.6 is 22.6 Å². The zero-order valence-electron chi connectivity index (χ0n) is 11.0. The van der Waals surface area contributed by atoms with Gasteiger partial charge in [0.15, 0.2) is 17.9 Å². The van der Waals surface area contributed by atoms with Crippen LogP contribution in [0.1, 0.15) is 27.7 Å². The SMILES string of the molecule is CC1(C)O[C@H]2[C@@H](O1)[C@@H](CI)O[C@H]1OC(C)(C)O[C@@H]12. The van der Waals surface area contributed by atoms with Crippen molar-refractivity contribution in [1.82, 2.24) is 0 Å². The summed E-state index contributed by atoms with van der Waals surface area (Å²) in [5, 5.41) is 0. The summed E-state index contributed by atoms with van der Waals surface area (Å²) in [6, 6.07) is 0. The van der Waals surface area contributed by atoms with Crippen LogP contribution < -0.4 is 0 Å². The van der Waals surface area contributed by atoms with E-state index in [0.717, 1.165) is 4.43 Å². The number of hydrogen-bond acceptors (Lipinski definition) is 5. The lowest BCUT2D eigenvalue weighted by Gasteiger charge is -2.36. The van der Waals surface area contributed by atoms with Gasteiger partial charge in [-0.15, -0.1) is 0 Å². The molecule has 3 saturated heterocycles. The largest absolute Gasteiger partial charge is 0.343 e. The Balaban J connectivity index is 1.86. The van der Waals surface area contributed by atoms with Gasteiger partial charge in [-0.2, -0.15) is 0 Å². The van der Waals surface area contributed by atoms with E-state index in [2.05, 4.69) is 22.6 Å². The van der Waals surface area contributed by atoms with Crippen molar-refractivity contribution in [1.29, 1.82) is 0 Å². The summed E-state index contributed by atoms with van der Waals surface area (Å²) in [6.45, 7) is 7.63. The zero-order chi connectivity index (χ0) is 13.1. The second-order valence-corrected chi connectivity index (χ2v) is 6.74. The van der Waals surface area contributed by atoms with Crippen LogP contribution in [0.3, 0.4) is 0 Å². The maximum Gasteiger partial charge on any atom is 0.190 e. The Kier molecular flexibility index (Phi) is 3.20. The van der Waals surface area contributed by atoms with Gasteiger partial charge in [0.05, 0.1) is 6.10 Å². The molecule has 3 aliphatic heterocycles. The summed E-state index contributed by atoms with van der Waals surface area (Å²) in [5.74, 6) is -1.22. The predicted molar refractivity (Wildman–Crippen MR) is 71.4 cm³/mol. The summed E-state index contributed by atoms with van der Waals surface area (Å²) in [7, 11) is 0. The Morgan fingerprint density at radius 3 is 2.06 bits per heavy atom. The van der Waals surface area contributed by atoms with E-state index in [1.54, 1.807) is 0 Å². The van der Waals surface area contributed by atoms with Gasteiger partial charge in [-0.1, -0.05) is 22.6 Å². The maximum atomic E-state index is 5.98. The minimum atomic E-state index is -0.629. The molecule has 3 fully saturated rings. The number of ether oxygens (including phenoxy) is 5. The third-order valence-electron chi connectivity index (χ3n) is 3.40. The topological polar surface area (TPSA) is 46.2 Å². The third-order valence-corrected chi connectivity index (χ3v) is 4.27. The van der Waals surface area contributed by atoms with Gasteiger partial charge in [0.1, 0.15) is 18.3 Å². The minimum Gasteiger partial charge on any atom is -0.343 e. The Morgan fingerprint density at radius 1 is 0.833 bits per heavy atom.